The van der Waals surface area contributed by atoms with E-state index in [9.17, 15) is 18.0 Å². The van der Waals surface area contributed by atoms with E-state index >= 15 is 0 Å². The number of rotatable bonds is 12. The van der Waals surface area contributed by atoms with Crippen molar-refractivity contribution in [1.82, 2.24) is 14.9 Å². The summed E-state index contributed by atoms with van der Waals surface area (Å²) in [5.74, 6) is -0.567. The lowest BCUT2D eigenvalue weighted by Crippen LogP contribution is -2.54. The van der Waals surface area contributed by atoms with Gasteiger partial charge in [0.15, 0.2) is 0 Å². The fourth-order valence-electron chi connectivity index (χ4n) is 3.74. The summed E-state index contributed by atoms with van der Waals surface area (Å²) in [6.07, 6.45) is 2.14. The fourth-order valence-corrected chi connectivity index (χ4v) is 4.73. The number of hydrogen-bond donors (Lipinski definition) is 2. The van der Waals surface area contributed by atoms with Gasteiger partial charge >= 0.3 is 0 Å². The molecule has 0 bridgehead atoms. The van der Waals surface area contributed by atoms with Gasteiger partial charge in [-0.05, 0) is 42.2 Å². The van der Waals surface area contributed by atoms with Crippen molar-refractivity contribution in [2.45, 2.75) is 37.8 Å². The molecule has 0 fully saturated rings. The third kappa shape index (κ3) is 7.53. The second-order valence-corrected chi connectivity index (χ2v) is 10.2. The second kappa shape index (κ2) is 12.3. The molecule has 0 aliphatic rings. The molecule has 8 nitrogen and oxygen atoms in total. The Hall–Kier alpha value is -3.43. The van der Waals surface area contributed by atoms with E-state index in [1.807, 2.05) is 44.2 Å². The van der Waals surface area contributed by atoms with Crippen LogP contribution < -0.4 is 10.0 Å². The topological polar surface area (TPSA) is 109 Å². The number of carbonyl (C=O) groups excluding carboxylic acids is 2. The standard InChI is InChI=1S/C26H31N3O5S/c1-20(2)25(26(31)27-16-15-21-10-5-3-6-11-21)29(19-22-12-9-17-34-22)24(30)18-28-35(32,33)23-13-7-4-8-14-23/h3-14,17,20,25,28H,15-16,18-19H2,1-2H3,(H,27,31)/t25-/m1/s1. The van der Waals surface area contributed by atoms with Crippen LogP contribution in [0.1, 0.15) is 25.2 Å². The molecule has 0 aliphatic heterocycles. The first-order valence-electron chi connectivity index (χ1n) is 11.5. The van der Waals surface area contributed by atoms with Crippen LogP contribution in [0.25, 0.3) is 0 Å². The van der Waals surface area contributed by atoms with Gasteiger partial charge in [0.25, 0.3) is 0 Å². The van der Waals surface area contributed by atoms with Crippen LogP contribution in [0.15, 0.2) is 88.4 Å². The minimum absolute atomic E-state index is 0.0356. The molecule has 0 spiro atoms. The van der Waals surface area contributed by atoms with Gasteiger partial charge < -0.3 is 14.6 Å². The van der Waals surface area contributed by atoms with Crippen LogP contribution in [0, 0.1) is 5.92 Å². The van der Waals surface area contributed by atoms with E-state index in [0.29, 0.717) is 18.7 Å². The molecule has 0 aliphatic carbocycles. The van der Waals surface area contributed by atoms with Crippen LogP contribution >= 0.6 is 0 Å². The summed E-state index contributed by atoms with van der Waals surface area (Å²) in [6.45, 7) is 3.65. The quantitative estimate of drug-likeness (QED) is 0.400. The molecule has 0 saturated carbocycles. The maximum absolute atomic E-state index is 13.3. The molecule has 2 amide bonds. The highest BCUT2D eigenvalue weighted by atomic mass is 32.2. The highest BCUT2D eigenvalue weighted by molar-refractivity contribution is 7.89. The molecule has 3 rings (SSSR count). The number of amides is 2. The monoisotopic (exact) mass is 497 g/mol. The van der Waals surface area contributed by atoms with Crippen molar-refractivity contribution in [1.29, 1.82) is 0 Å². The third-order valence-corrected chi connectivity index (χ3v) is 6.90. The van der Waals surface area contributed by atoms with Crippen molar-refractivity contribution in [2.24, 2.45) is 5.92 Å². The Morgan fingerprint density at radius 3 is 2.20 bits per heavy atom. The molecule has 0 unspecified atom stereocenters. The summed E-state index contributed by atoms with van der Waals surface area (Å²) in [4.78, 5) is 27.9. The Bertz CT molecular complexity index is 1180. The van der Waals surface area contributed by atoms with Crippen LogP contribution in [0.4, 0.5) is 0 Å². The average Bonchev–Trinajstić information content (AvgIpc) is 3.36. The lowest BCUT2D eigenvalue weighted by Gasteiger charge is -2.33. The molecule has 186 valence electrons. The molecule has 2 N–H and O–H groups in total. The molecule has 0 saturated heterocycles. The Morgan fingerprint density at radius 2 is 1.60 bits per heavy atom. The van der Waals surface area contributed by atoms with Crippen LogP contribution in [0.2, 0.25) is 0 Å². The van der Waals surface area contributed by atoms with Crippen molar-refractivity contribution in [3.8, 4) is 0 Å². The summed E-state index contributed by atoms with van der Waals surface area (Å²) in [5.41, 5.74) is 1.09. The molecule has 1 atom stereocenters. The van der Waals surface area contributed by atoms with E-state index in [-0.39, 0.29) is 23.3 Å². The first kappa shape index (κ1) is 26.2. The minimum atomic E-state index is -3.88. The van der Waals surface area contributed by atoms with Gasteiger partial charge in [-0.3, -0.25) is 9.59 Å². The molecule has 2 aromatic carbocycles. The number of benzene rings is 2. The normalized spacial score (nSPS) is 12.3. The minimum Gasteiger partial charge on any atom is -0.467 e. The Morgan fingerprint density at radius 1 is 0.943 bits per heavy atom. The Kier molecular flexibility index (Phi) is 9.22. The zero-order chi connectivity index (χ0) is 25.3. The Labute approximate surface area is 206 Å². The number of nitrogens with one attached hydrogen (secondary N) is 2. The van der Waals surface area contributed by atoms with E-state index < -0.39 is 28.5 Å². The highest BCUT2D eigenvalue weighted by Crippen LogP contribution is 2.17. The van der Waals surface area contributed by atoms with E-state index in [0.717, 1.165) is 5.56 Å². The first-order valence-corrected chi connectivity index (χ1v) is 12.9. The number of hydrogen-bond acceptors (Lipinski definition) is 5. The number of carbonyl (C=O) groups is 2. The van der Waals surface area contributed by atoms with E-state index in [4.69, 9.17) is 4.42 Å². The van der Waals surface area contributed by atoms with E-state index in [2.05, 4.69) is 10.0 Å². The first-order chi connectivity index (χ1) is 16.8. The predicted octanol–water partition coefficient (Wildman–Crippen LogP) is 2.97. The van der Waals surface area contributed by atoms with Gasteiger partial charge in [0.05, 0.1) is 24.2 Å². The predicted molar refractivity (Wildman–Crippen MR) is 133 cm³/mol. The average molecular weight is 498 g/mol. The van der Waals surface area contributed by atoms with Gasteiger partial charge in [0.1, 0.15) is 11.8 Å². The van der Waals surface area contributed by atoms with Gasteiger partial charge in [0, 0.05) is 6.54 Å². The Balaban J connectivity index is 1.73. The summed E-state index contributed by atoms with van der Waals surface area (Å²) >= 11 is 0. The summed E-state index contributed by atoms with van der Waals surface area (Å²) in [7, 11) is -3.88. The summed E-state index contributed by atoms with van der Waals surface area (Å²) in [6, 6.07) is 20.2. The van der Waals surface area contributed by atoms with Gasteiger partial charge in [-0.15, -0.1) is 0 Å². The lowest BCUT2D eigenvalue weighted by molar-refractivity contribution is -0.142. The molecule has 35 heavy (non-hydrogen) atoms. The maximum Gasteiger partial charge on any atom is 0.243 e. The van der Waals surface area contributed by atoms with Gasteiger partial charge in [0.2, 0.25) is 21.8 Å². The molecule has 9 heteroatoms. The van der Waals surface area contributed by atoms with Crippen molar-refractivity contribution in [3.63, 3.8) is 0 Å². The van der Waals surface area contributed by atoms with Crippen molar-refractivity contribution < 1.29 is 22.4 Å². The molecule has 1 heterocycles. The second-order valence-electron chi connectivity index (χ2n) is 8.45. The van der Waals surface area contributed by atoms with Crippen LogP contribution in [-0.2, 0) is 32.6 Å². The molecular formula is C26H31N3O5S. The van der Waals surface area contributed by atoms with Gasteiger partial charge in [-0.25, -0.2) is 13.1 Å². The zero-order valence-electron chi connectivity index (χ0n) is 19.9. The SMILES string of the molecule is CC(C)[C@H](C(=O)NCCc1ccccc1)N(Cc1ccco1)C(=O)CNS(=O)(=O)c1ccccc1. The van der Waals surface area contributed by atoms with E-state index in [1.165, 1.54) is 23.3 Å². The molecule has 1 aromatic heterocycles. The largest absolute Gasteiger partial charge is 0.467 e. The number of furan rings is 1. The fraction of sp³-hybridized carbons (Fsp3) is 0.308. The highest BCUT2D eigenvalue weighted by Gasteiger charge is 2.33. The van der Waals surface area contributed by atoms with Crippen LogP contribution in [0.5, 0.6) is 0 Å². The van der Waals surface area contributed by atoms with Crippen LogP contribution in [-0.4, -0.2) is 44.3 Å². The number of sulfonamides is 1. The van der Waals surface area contributed by atoms with E-state index in [1.54, 1.807) is 30.3 Å². The van der Waals surface area contributed by atoms with Crippen molar-refractivity contribution in [3.05, 3.63) is 90.4 Å². The van der Waals surface area contributed by atoms with Crippen molar-refractivity contribution >= 4 is 21.8 Å². The van der Waals surface area contributed by atoms with Gasteiger partial charge in [-0.1, -0.05) is 62.4 Å². The summed E-state index contributed by atoms with van der Waals surface area (Å²) in [5, 5.41) is 2.92. The number of nitrogens with zero attached hydrogens (tertiary/aromatic N) is 1. The smallest absolute Gasteiger partial charge is 0.243 e. The molecule has 3 aromatic rings. The van der Waals surface area contributed by atoms with Gasteiger partial charge in [-0.2, -0.15) is 0 Å². The zero-order valence-corrected chi connectivity index (χ0v) is 20.7. The molecule has 0 radical (unpaired) electrons. The lowest BCUT2D eigenvalue weighted by atomic mass is 10.0. The van der Waals surface area contributed by atoms with Crippen LogP contribution in [0.3, 0.4) is 0 Å². The summed E-state index contributed by atoms with van der Waals surface area (Å²) < 4.78 is 33.0. The molecular weight excluding hydrogens is 466 g/mol. The third-order valence-electron chi connectivity index (χ3n) is 5.49. The maximum atomic E-state index is 13.3. The van der Waals surface area contributed by atoms with Crippen molar-refractivity contribution in [2.75, 3.05) is 13.1 Å².